The quantitative estimate of drug-likeness (QED) is 0.601. The third-order valence-electron chi connectivity index (χ3n) is 6.57. The van der Waals surface area contributed by atoms with E-state index in [-0.39, 0.29) is 5.41 Å². The Morgan fingerprint density at radius 1 is 1.07 bits per heavy atom. The molecule has 1 aliphatic carbocycles. The summed E-state index contributed by atoms with van der Waals surface area (Å²) in [5, 5.41) is 9.21. The van der Waals surface area contributed by atoms with Crippen LogP contribution in [-0.2, 0) is 12.0 Å². The van der Waals surface area contributed by atoms with E-state index in [2.05, 4.69) is 33.1 Å². The lowest BCUT2D eigenvalue weighted by molar-refractivity contribution is 0.290. The van der Waals surface area contributed by atoms with Crippen LogP contribution >= 0.6 is 11.6 Å². The topological polar surface area (TPSA) is 33.1 Å². The molecule has 1 N–H and O–H groups in total. The van der Waals surface area contributed by atoms with E-state index < -0.39 is 0 Å². The van der Waals surface area contributed by atoms with Gasteiger partial charge in [-0.05, 0) is 57.3 Å². The lowest BCUT2D eigenvalue weighted by Crippen LogP contribution is -2.36. The summed E-state index contributed by atoms with van der Waals surface area (Å²) < 4.78 is 2.25. The number of hydrogen-bond donors (Lipinski definition) is 1. The molecular formula is C23H33ClN4. The van der Waals surface area contributed by atoms with Crippen molar-refractivity contribution in [2.75, 3.05) is 31.6 Å². The highest BCUT2D eigenvalue weighted by atomic mass is 35.5. The number of aryl methyl sites for hydroxylation is 1. The largest absolute Gasteiger partial charge is 0.357 e. The Morgan fingerprint density at radius 2 is 1.89 bits per heavy atom. The van der Waals surface area contributed by atoms with Crippen LogP contribution in [0.5, 0.6) is 0 Å². The van der Waals surface area contributed by atoms with Crippen LogP contribution < -0.4 is 10.2 Å². The smallest absolute Gasteiger partial charge is 0.127 e. The predicted molar refractivity (Wildman–Crippen MR) is 118 cm³/mol. The molecule has 1 saturated carbocycles. The molecule has 0 saturated heterocycles. The van der Waals surface area contributed by atoms with Gasteiger partial charge >= 0.3 is 0 Å². The van der Waals surface area contributed by atoms with Gasteiger partial charge in [-0.15, -0.1) is 0 Å². The van der Waals surface area contributed by atoms with Crippen molar-refractivity contribution in [3.63, 3.8) is 0 Å². The Balaban J connectivity index is 1.49. The average Bonchev–Trinajstić information content (AvgIpc) is 3.10. The van der Waals surface area contributed by atoms with Gasteiger partial charge in [-0.25, -0.2) is 4.68 Å². The minimum atomic E-state index is 0.0154. The fourth-order valence-corrected chi connectivity index (χ4v) is 5.13. The van der Waals surface area contributed by atoms with Gasteiger partial charge in [0.2, 0.25) is 0 Å². The zero-order valence-electron chi connectivity index (χ0n) is 17.1. The van der Waals surface area contributed by atoms with Gasteiger partial charge < -0.3 is 10.2 Å². The number of aromatic nitrogens is 2. The van der Waals surface area contributed by atoms with E-state index in [1.807, 2.05) is 19.2 Å². The first kappa shape index (κ1) is 19.8. The number of hydrogen-bond acceptors (Lipinski definition) is 3. The number of fused-ring (bicyclic) bond motifs is 1. The number of rotatable bonds is 9. The molecule has 2 aliphatic rings. The molecule has 1 aromatic carbocycles. The summed E-state index contributed by atoms with van der Waals surface area (Å²) in [6.45, 7) is 4.46. The van der Waals surface area contributed by atoms with E-state index >= 15 is 0 Å². The highest BCUT2D eigenvalue weighted by molar-refractivity contribution is 6.31. The van der Waals surface area contributed by atoms with Crippen LogP contribution in [0.3, 0.4) is 0 Å². The molecule has 0 amide bonds. The van der Waals surface area contributed by atoms with Crippen LogP contribution in [0.25, 0.3) is 0 Å². The van der Waals surface area contributed by atoms with E-state index in [9.17, 15) is 0 Å². The molecule has 2 heterocycles. The molecule has 0 bridgehead atoms. The van der Waals surface area contributed by atoms with Gasteiger partial charge in [-0.3, -0.25) is 0 Å². The summed E-state index contributed by atoms with van der Waals surface area (Å²) in [5.41, 5.74) is 2.50. The van der Waals surface area contributed by atoms with E-state index in [1.165, 1.54) is 55.6 Å². The minimum Gasteiger partial charge on any atom is -0.357 e. The van der Waals surface area contributed by atoms with Gasteiger partial charge in [0.1, 0.15) is 5.82 Å². The highest BCUT2D eigenvalue weighted by Gasteiger charge is 2.44. The minimum absolute atomic E-state index is 0.0154. The van der Waals surface area contributed by atoms with Crippen molar-refractivity contribution >= 4 is 17.4 Å². The van der Waals surface area contributed by atoms with Gasteiger partial charge in [0.05, 0.1) is 5.69 Å². The molecule has 4 nitrogen and oxygen atoms in total. The van der Waals surface area contributed by atoms with E-state index in [4.69, 9.17) is 16.7 Å². The van der Waals surface area contributed by atoms with Crippen molar-refractivity contribution in [3.05, 3.63) is 46.6 Å². The molecule has 1 fully saturated rings. The van der Waals surface area contributed by atoms with E-state index in [0.29, 0.717) is 0 Å². The summed E-state index contributed by atoms with van der Waals surface area (Å²) in [5.74, 6) is 1.31. The number of unbranched alkanes of at least 4 members (excludes halogenated alkanes) is 3. The summed E-state index contributed by atoms with van der Waals surface area (Å²) in [6.07, 6.45) is 9.91. The van der Waals surface area contributed by atoms with Crippen LogP contribution in [0.1, 0.15) is 62.6 Å². The lowest BCUT2D eigenvalue weighted by atomic mass is 9.62. The van der Waals surface area contributed by atoms with Gasteiger partial charge in [0, 0.05) is 36.1 Å². The van der Waals surface area contributed by atoms with Gasteiger partial charge in [0.25, 0.3) is 0 Å². The molecule has 0 unspecified atom stereocenters. The molecule has 0 atom stereocenters. The summed E-state index contributed by atoms with van der Waals surface area (Å²) in [6, 6.07) is 10.7. The Kier molecular flexibility index (Phi) is 6.27. The van der Waals surface area contributed by atoms with Gasteiger partial charge in [-0.1, -0.05) is 49.1 Å². The fourth-order valence-electron chi connectivity index (χ4n) is 4.81. The molecule has 0 radical (unpaired) electrons. The molecule has 1 aliphatic heterocycles. The molecule has 28 heavy (non-hydrogen) atoms. The number of nitrogens with zero attached hydrogens (tertiary/aromatic N) is 3. The fraction of sp³-hybridized carbons (Fsp3) is 0.609. The maximum Gasteiger partial charge on any atom is 0.127 e. The molecule has 2 aromatic rings. The maximum atomic E-state index is 6.60. The zero-order valence-corrected chi connectivity index (χ0v) is 17.8. The Hall–Kier alpha value is -1.52. The third kappa shape index (κ3) is 3.81. The Bertz CT molecular complexity index is 781. The van der Waals surface area contributed by atoms with Crippen LogP contribution in [0, 0.1) is 0 Å². The number of halogens is 1. The molecule has 152 valence electrons. The molecular weight excluding hydrogens is 368 g/mol. The van der Waals surface area contributed by atoms with Crippen molar-refractivity contribution in [2.24, 2.45) is 0 Å². The van der Waals surface area contributed by atoms with Crippen LogP contribution in [0.15, 0.2) is 30.3 Å². The number of anilines is 1. The van der Waals surface area contributed by atoms with Crippen LogP contribution in [0.4, 0.5) is 5.82 Å². The van der Waals surface area contributed by atoms with Gasteiger partial charge in [0.15, 0.2) is 0 Å². The zero-order chi connectivity index (χ0) is 19.4. The van der Waals surface area contributed by atoms with Crippen molar-refractivity contribution < 1.29 is 0 Å². The van der Waals surface area contributed by atoms with Crippen LogP contribution in [0.2, 0.25) is 5.02 Å². The Labute approximate surface area is 174 Å². The standard InChI is InChI=1S/C23H33ClN4/c1-25-14-6-2-3-7-15-27-16-9-17-28-22(27)18-21(26-28)23(12-8-13-23)19-10-4-5-11-20(19)24/h4-5,10-11,18,25H,2-3,6-9,12-17H2,1H3. The van der Waals surface area contributed by atoms with Crippen molar-refractivity contribution in [1.82, 2.24) is 15.1 Å². The van der Waals surface area contributed by atoms with Crippen LogP contribution in [-0.4, -0.2) is 36.5 Å². The second kappa shape index (κ2) is 8.87. The molecule has 5 heteroatoms. The third-order valence-corrected chi connectivity index (χ3v) is 6.90. The van der Waals surface area contributed by atoms with Crippen molar-refractivity contribution in [2.45, 2.75) is 63.3 Å². The van der Waals surface area contributed by atoms with E-state index in [1.54, 1.807) is 0 Å². The normalized spacial score (nSPS) is 18.0. The lowest BCUT2D eigenvalue weighted by Gasteiger charge is -2.41. The second-order valence-electron chi connectivity index (χ2n) is 8.38. The first-order chi connectivity index (χ1) is 13.7. The first-order valence-electron chi connectivity index (χ1n) is 11.0. The monoisotopic (exact) mass is 400 g/mol. The molecule has 4 rings (SSSR count). The molecule has 1 aromatic heterocycles. The Morgan fingerprint density at radius 3 is 2.64 bits per heavy atom. The average molecular weight is 401 g/mol. The predicted octanol–water partition coefficient (Wildman–Crippen LogP) is 5.00. The summed E-state index contributed by atoms with van der Waals surface area (Å²) in [7, 11) is 2.03. The number of benzene rings is 1. The summed E-state index contributed by atoms with van der Waals surface area (Å²) >= 11 is 6.60. The summed E-state index contributed by atoms with van der Waals surface area (Å²) in [4.78, 5) is 2.55. The SMILES string of the molecule is CNCCCCCCN1CCCn2nc(C3(c4ccccc4Cl)CCC3)cc21. The highest BCUT2D eigenvalue weighted by Crippen LogP contribution is 2.51. The van der Waals surface area contributed by atoms with Gasteiger partial charge in [-0.2, -0.15) is 5.10 Å². The van der Waals surface area contributed by atoms with E-state index in [0.717, 1.165) is 44.0 Å². The number of nitrogens with one attached hydrogen (secondary N) is 1. The first-order valence-corrected chi connectivity index (χ1v) is 11.4. The maximum absolute atomic E-state index is 6.60. The molecule has 0 spiro atoms. The van der Waals surface area contributed by atoms with Crippen molar-refractivity contribution in [3.8, 4) is 0 Å². The second-order valence-corrected chi connectivity index (χ2v) is 8.79. The van der Waals surface area contributed by atoms with Crippen molar-refractivity contribution in [1.29, 1.82) is 0 Å².